The van der Waals surface area contributed by atoms with Crippen molar-refractivity contribution in [3.63, 3.8) is 0 Å². The van der Waals surface area contributed by atoms with E-state index < -0.39 is 18.2 Å². The van der Waals surface area contributed by atoms with Crippen molar-refractivity contribution in [1.29, 1.82) is 0 Å². The minimum atomic E-state index is -0.795. The van der Waals surface area contributed by atoms with Crippen LogP contribution in [0.2, 0.25) is 0 Å². The van der Waals surface area contributed by atoms with Crippen LogP contribution >= 0.6 is 0 Å². The number of para-hydroxylation sites is 1. The van der Waals surface area contributed by atoms with Crippen LogP contribution < -0.4 is 4.84 Å². The van der Waals surface area contributed by atoms with Gasteiger partial charge in [-0.15, -0.1) is 0 Å². The number of hydrazine groups is 1. The molecule has 7 heteroatoms. The second-order valence-electron chi connectivity index (χ2n) is 5.46. The van der Waals surface area contributed by atoms with Gasteiger partial charge in [-0.1, -0.05) is 48.5 Å². The van der Waals surface area contributed by atoms with Gasteiger partial charge in [-0.3, -0.25) is 0 Å². The summed E-state index contributed by atoms with van der Waals surface area (Å²) in [6.07, 6.45) is -1.50. The third-order valence-electron chi connectivity index (χ3n) is 3.83. The zero-order chi connectivity index (χ0) is 18.5. The van der Waals surface area contributed by atoms with Gasteiger partial charge in [0.25, 0.3) is 0 Å². The first kappa shape index (κ1) is 17.6. The maximum atomic E-state index is 12.7. The smallest absolute Gasteiger partial charge is 0.448 e. The fourth-order valence-electron chi connectivity index (χ4n) is 2.79. The van der Waals surface area contributed by atoms with Gasteiger partial charge in [0.2, 0.25) is 0 Å². The number of benzene rings is 2. The number of carbonyl (C=O) groups is 2. The fraction of sp³-hybridized carbons (Fsp3) is 0.263. The largest absolute Gasteiger partial charge is 0.464 e. The van der Waals surface area contributed by atoms with Crippen molar-refractivity contribution in [2.75, 3.05) is 13.2 Å². The highest BCUT2D eigenvalue weighted by Crippen LogP contribution is 2.40. The summed E-state index contributed by atoms with van der Waals surface area (Å²) in [7, 11) is 0. The molecule has 0 bridgehead atoms. The normalized spacial score (nSPS) is 15.7. The summed E-state index contributed by atoms with van der Waals surface area (Å²) >= 11 is 0. The number of hydrogen-bond donors (Lipinski definition) is 0. The van der Waals surface area contributed by atoms with E-state index in [1.54, 1.807) is 26.0 Å². The van der Waals surface area contributed by atoms with E-state index in [2.05, 4.69) is 0 Å². The zero-order valence-corrected chi connectivity index (χ0v) is 14.6. The molecule has 7 nitrogen and oxygen atoms in total. The molecule has 26 heavy (non-hydrogen) atoms. The van der Waals surface area contributed by atoms with Crippen molar-refractivity contribution in [3.8, 4) is 5.75 Å². The van der Waals surface area contributed by atoms with Gasteiger partial charge in [-0.05, 0) is 30.6 Å². The van der Waals surface area contributed by atoms with Crippen LogP contribution in [0.5, 0.6) is 5.75 Å². The molecule has 0 saturated carbocycles. The van der Waals surface area contributed by atoms with E-state index in [1.807, 2.05) is 42.5 Å². The van der Waals surface area contributed by atoms with E-state index in [0.717, 1.165) is 21.3 Å². The Morgan fingerprint density at radius 3 is 2.23 bits per heavy atom. The number of rotatable bonds is 3. The summed E-state index contributed by atoms with van der Waals surface area (Å²) in [6, 6.07) is 16.0. The van der Waals surface area contributed by atoms with Gasteiger partial charge in [0.1, 0.15) is 6.04 Å². The molecule has 1 atom stereocenters. The maximum Gasteiger partial charge on any atom is 0.464 e. The predicted octanol–water partition coefficient (Wildman–Crippen LogP) is 3.92. The van der Waals surface area contributed by atoms with Crippen molar-refractivity contribution >= 4 is 12.2 Å². The molecule has 1 heterocycles. The zero-order valence-electron chi connectivity index (χ0n) is 14.6. The number of amides is 2. The molecule has 2 amide bonds. The van der Waals surface area contributed by atoms with Gasteiger partial charge in [0, 0.05) is 5.56 Å². The van der Waals surface area contributed by atoms with Crippen LogP contribution in [-0.4, -0.2) is 35.6 Å². The van der Waals surface area contributed by atoms with Gasteiger partial charge in [-0.2, -0.15) is 5.01 Å². The Balaban J connectivity index is 2.14. The molecule has 0 aromatic heterocycles. The Bertz CT molecular complexity index is 781. The average molecular weight is 356 g/mol. The van der Waals surface area contributed by atoms with Crippen LogP contribution in [0.3, 0.4) is 0 Å². The number of fused-ring (bicyclic) bond motifs is 1. The van der Waals surface area contributed by atoms with E-state index >= 15 is 0 Å². The lowest BCUT2D eigenvalue weighted by Gasteiger charge is -2.41. The summed E-state index contributed by atoms with van der Waals surface area (Å²) in [6.45, 7) is 3.68. The van der Waals surface area contributed by atoms with Gasteiger partial charge < -0.3 is 14.3 Å². The second-order valence-corrected chi connectivity index (χ2v) is 5.46. The molecule has 0 N–H and O–H groups in total. The van der Waals surface area contributed by atoms with Gasteiger partial charge >= 0.3 is 12.2 Å². The molecule has 0 radical (unpaired) electrons. The van der Waals surface area contributed by atoms with Gasteiger partial charge in [-0.25, -0.2) is 9.59 Å². The van der Waals surface area contributed by atoms with Crippen LogP contribution in [0.1, 0.15) is 31.0 Å². The molecule has 2 aromatic carbocycles. The number of hydroxylamine groups is 1. The van der Waals surface area contributed by atoms with E-state index in [0.29, 0.717) is 5.75 Å². The number of hydrogen-bond acceptors (Lipinski definition) is 5. The van der Waals surface area contributed by atoms with Crippen molar-refractivity contribution in [3.05, 3.63) is 65.7 Å². The fourth-order valence-corrected chi connectivity index (χ4v) is 2.79. The van der Waals surface area contributed by atoms with E-state index in [4.69, 9.17) is 14.3 Å². The molecule has 1 aliphatic rings. The Morgan fingerprint density at radius 2 is 1.54 bits per heavy atom. The molecule has 0 saturated heterocycles. The molecule has 2 aromatic rings. The van der Waals surface area contributed by atoms with E-state index in [9.17, 15) is 9.59 Å². The molecule has 136 valence electrons. The van der Waals surface area contributed by atoms with E-state index in [1.165, 1.54) is 0 Å². The molecule has 1 aliphatic heterocycles. The maximum absolute atomic E-state index is 12.7. The van der Waals surface area contributed by atoms with Crippen molar-refractivity contribution < 1.29 is 23.9 Å². The monoisotopic (exact) mass is 356 g/mol. The highest BCUT2D eigenvalue weighted by molar-refractivity contribution is 5.75. The predicted molar refractivity (Wildman–Crippen MR) is 93.1 cm³/mol. The third-order valence-corrected chi connectivity index (χ3v) is 3.83. The summed E-state index contributed by atoms with van der Waals surface area (Å²) < 4.78 is 10.2. The van der Waals surface area contributed by atoms with Crippen LogP contribution in [0.25, 0.3) is 0 Å². The summed E-state index contributed by atoms with van der Waals surface area (Å²) in [5.41, 5.74) is 1.55. The Morgan fingerprint density at radius 1 is 0.923 bits per heavy atom. The third kappa shape index (κ3) is 3.28. The van der Waals surface area contributed by atoms with Crippen molar-refractivity contribution in [1.82, 2.24) is 10.2 Å². The lowest BCUT2D eigenvalue weighted by Crippen LogP contribution is -2.56. The Kier molecular flexibility index (Phi) is 5.26. The quantitative estimate of drug-likeness (QED) is 0.834. The standard InChI is InChI=1S/C19H20N2O5/c1-3-24-18(22)20-17(14-10-6-5-7-11-14)15-12-8-9-13-16(15)26-21(20)19(23)25-4-2/h5-13,17H,3-4H2,1-2H3. The van der Waals surface area contributed by atoms with Crippen LogP contribution in [0.4, 0.5) is 9.59 Å². The highest BCUT2D eigenvalue weighted by atomic mass is 16.8. The van der Waals surface area contributed by atoms with Crippen molar-refractivity contribution in [2.24, 2.45) is 0 Å². The Hall–Kier alpha value is -3.22. The van der Waals surface area contributed by atoms with Gasteiger partial charge in [0.05, 0.1) is 13.2 Å². The highest BCUT2D eigenvalue weighted by Gasteiger charge is 2.43. The molecular formula is C19H20N2O5. The van der Waals surface area contributed by atoms with E-state index in [-0.39, 0.29) is 13.2 Å². The SMILES string of the molecule is CCOC(=O)N1Oc2ccccc2C(c2ccccc2)N1C(=O)OCC. The van der Waals surface area contributed by atoms with Gasteiger partial charge in [0.15, 0.2) is 5.75 Å². The average Bonchev–Trinajstić information content (AvgIpc) is 2.67. The number of carbonyl (C=O) groups excluding carboxylic acids is 2. The first-order valence-corrected chi connectivity index (χ1v) is 8.42. The molecule has 0 aliphatic carbocycles. The topological polar surface area (TPSA) is 68.3 Å². The van der Waals surface area contributed by atoms with Crippen LogP contribution in [0.15, 0.2) is 54.6 Å². The summed E-state index contributed by atoms with van der Waals surface area (Å²) in [4.78, 5) is 30.8. The first-order valence-electron chi connectivity index (χ1n) is 8.42. The minimum Gasteiger partial charge on any atom is -0.448 e. The molecule has 3 rings (SSSR count). The van der Waals surface area contributed by atoms with Crippen LogP contribution in [0, 0.1) is 0 Å². The van der Waals surface area contributed by atoms with Crippen LogP contribution in [-0.2, 0) is 9.47 Å². The first-order chi connectivity index (χ1) is 12.7. The second kappa shape index (κ2) is 7.77. The molecule has 1 unspecified atom stereocenters. The molecule has 0 spiro atoms. The molecular weight excluding hydrogens is 336 g/mol. The number of ether oxygens (including phenoxy) is 2. The molecule has 0 fully saturated rings. The van der Waals surface area contributed by atoms with Crippen molar-refractivity contribution in [2.45, 2.75) is 19.9 Å². The lowest BCUT2D eigenvalue weighted by atomic mass is 9.97. The summed E-state index contributed by atoms with van der Waals surface area (Å²) in [5, 5.41) is 1.96. The minimum absolute atomic E-state index is 0.146. The number of nitrogens with zero attached hydrogens (tertiary/aromatic N) is 2. The lowest BCUT2D eigenvalue weighted by molar-refractivity contribution is -0.199. The summed E-state index contributed by atoms with van der Waals surface area (Å²) in [5.74, 6) is 0.468. The Labute approximate surface area is 151 Å².